The van der Waals surface area contributed by atoms with Gasteiger partial charge in [0.05, 0.1) is 12.4 Å². The van der Waals surface area contributed by atoms with Crippen LogP contribution in [0.1, 0.15) is 20.7 Å². The van der Waals surface area contributed by atoms with Crippen molar-refractivity contribution in [1.29, 1.82) is 0 Å². The molecule has 0 bridgehead atoms. The number of benzene rings is 2. The molecular weight excluding hydrogens is 440 g/mol. The van der Waals surface area contributed by atoms with Gasteiger partial charge in [0.1, 0.15) is 0 Å². The third-order valence-electron chi connectivity index (χ3n) is 2.72. The average molecular weight is 452 g/mol. The molecule has 0 radical (unpaired) electrons. The van der Waals surface area contributed by atoms with Gasteiger partial charge < -0.3 is 0 Å². The molecule has 8 heteroatoms. The van der Waals surface area contributed by atoms with Crippen molar-refractivity contribution in [3.05, 3.63) is 68.6 Å². The molecule has 0 fully saturated rings. The van der Waals surface area contributed by atoms with Crippen LogP contribution in [-0.2, 0) is 0 Å². The second-order valence-electron chi connectivity index (χ2n) is 4.46. The molecule has 0 aromatic heterocycles. The molecule has 6 nitrogen and oxygen atoms in total. The standard InChI is InChI=1S/C16H12Br2N4O2/c17-13-5-1-3-11(9-13)15(23)21-19-7-8-20-22-16(24)12-4-2-6-14(18)10-12/h1-10H,(H,21,23)(H,22,24)/b19-7+,20-8+. The number of hydrogen-bond donors (Lipinski definition) is 2. The molecule has 0 saturated heterocycles. The van der Waals surface area contributed by atoms with E-state index in [-0.39, 0.29) is 11.8 Å². The van der Waals surface area contributed by atoms with E-state index in [2.05, 4.69) is 52.9 Å². The molecule has 2 rings (SSSR count). The summed E-state index contributed by atoms with van der Waals surface area (Å²) in [6.07, 6.45) is 2.52. The number of hydrogen-bond acceptors (Lipinski definition) is 4. The lowest BCUT2D eigenvalue weighted by Gasteiger charge is -2.00. The maximum Gasteiger partial charge on any atom is 0.271 e. The minimum Gasteiger partial charge on any atom is -0.267 e. The lowest BCUT2D eigenvalue weighted by molar-refractivity contribution is 0.0946. The minimum absolute atomic E-state index is 0.348. The van der Waals surface area contributed by atoms with E-state index in [4.69, 9.17) is 0 Å². The van der Waals surface area contributed by atoms with E-state index < -0.39 is 0 Å². The SMILES string of the molecule is O=C(N/N=C/C=N/NC(=O)c1cccc(Br)c1)c1cccc(Br)c1. The molecule has 0 aliphatic rings. The number of carbonyl (C=O) groups excluding carboxylic acids is 2. The highest BCUT2D eigenvalue weighted by molar-refractivity contribution is 9.10. The first-order chi connectivity index (χ1) is 11.6. The number of amides is 2. The van der Waals surface area contributed by atoms with E-state index >= 15 is 0 Å². The van der Waals surface area contributed by atoms with E-state index in [1.54, 1.807) is 36.4 Å². The third-order valence-corrected chi connectivity index (χ3v) is 3.71. The van der Waals surface area contributed by atoms with Crippen molar-refractivity contribution in [3.8, 4) is 0 Å². The summed E-state index contributed by atoms with van der Waals surface area (Å²) < 4.78 is 1.60. The van der Waals surface area contributed by atoms with E-state index in [9.17, 15) is 9.59 Å². The van der Waals surface area contributed by atoms with Crippen molar-refractivity contribution in [3.63, 3.8) is 0 Å². The van der Waals surface area contributed by atoms with Crippen molar-refractivity contribution < 1.29 is 9.59 Å². The largest absolute Gasteiger partial charge is 0.271 e. The molecule has 2 aromatic carbocycles. The molecule has 0 aliphatic heterocycles. The summed E-state index contributed by atoms with van der Waals surface area (Å²) in [4.78, 5) is 23.6. The van der Waals surface area contributed by atoms with Crippen molar-refractivity contribution in [2.45, 2.75) is 0 Å². The summed E-state index contributed by atoms with van der Waals surface area (Å²) >= 11 is 6.57. The Morgan fingerprint density at radius 1 is 0.792 bits per heavy atom. The quantitative estimate of drug-likeness (QED) is 0.539. The van der Waals surface area contributed by atoms with Crippen molar-refractivity contribution in [2.24, 2.45) is 10.2 Å². The highest BCUT2D eigenvalue weighted by Crippen LogP contribution is 2.12. The maximum atomic E-state index is 11.8. The van der Waals surface area contributed by atoms with Crippen molar-refractivity contribution >= 4 is 56.1 Å². The molecule has 2 amide bonds. The number of carbonyl (C=O) groups is 2. The van der Waals surface area contributed by atoms with Gasteiger partial charge in [0, 0.05) is 20.1 Å². The molecule has 0 aliphatic carbocycles. The fourth-order valence-electron chi connectivity index (χ4n) is 1.65. The number of nitrogens with one attached hydrogen (secondary N) is 2. The van der Waals surface area contributed by atoms with Gasteiger partial charge >= 0.3 is 0 Å². The summed E-state index contributed by atoms with van der Waals surface area (Å²) in [5.41, 5.74) is 5.65. The zero-order chi connectivity index (χ0) is 17.4. The Morgan fingerprint density at radius 3 is 1.58 bits per heavy atom. The second-order valence-corrected chi connectivity index (χ2v) is 6.29. The first kappa shape index (κ1) is 18.0. The first-order valence-electron chi connectivity index (χ1n) is 6.73. The van der Waals surface area contributed by atoms with Crippen LogP contribution in [0.15, 0.2) is 67.7 Å². The molecule has 2 N–H and O–H groups in total. The van der Waals surface area contributed by atoms with Gasteiger partial charge in [-0.1, -0.05) is 44.0 Å². The topological polar surface area (TPSA) is 82.9 Å². The van der Waals surface area contributed by atoms with Gasteiger partial charge in [-0.3, -0.25) is 9.59 Å². The first-order valence-corrected chi connectivity index (χ1v) is 8.31. The molecule has 0 saturated carbocycles. The van der Waals surface area contributed by atoms with Crippen LogP contribution in [-0.4, -0.2) is 24.2 Å². The van der Waals surface area contributed by atoms with Crippen LogP contribution >= 0.6 is 31.9 Å². The number of nitrogens with zero attached hydrogens (tertiary/aromatic N) is 2. The molecule has 122 valence electrons. The highest BCUT2D eigenvalue weighted by atomic mass is 79.9. The van der Waals surface area contributed by atoms with Crippen LogP contribution in [0.2, 0.25) is 0 Å². The van der Waals surface area contributed by atoms with Crippen LogP contribution in [0.4, 0.5) is 0 Å². The predicted octanol–water partition coefficient (Wildman–Crippen LogP) is 3.34. The van der Waals surface area contributed by atoms with Crippen LogP contribution < -0.4 is 10.9 Å². The number of rotatable bonds is 5. The van der Waals surface area contributed by atoms with Gasteiger partial charge in [-0.15, -0.1) is 0 Å². The fourth-order valence-corrected chi connectivity index (χ4v) is 2.45. The Balaban J connectivity index is 1.80. The Morgan fingerprint density at radius 2 is 1.21 bits per heavy atom. The number of halogens is 2. The van der Waals surface area contributed by atoms with E-state index in [0.717, 1.165) is 8.95 Å². The molecule has 24 heavy (non-hydrogen) atoms. The Labute approximate surface area is 155 Å². The summed E-state index contributed by atoms with van der Waals surface area (Å²) in [6.45, 7) is 0. The average Bonchev–Trinajstić information content (AvgIpc) is 2.57. The molecular formula is C16H12Br2N4O2. The fraction of sp³-hybridized carbons (Fsp3) is 0. The Bertz CT molecular complexity index is 739. The second kappa shape index (κ2) is 9.09. The molecule has 0 atom stereocenters. The van der Waals surface area contributed by atoms with Gasteiger partial charge in [0.25, 0.3) is 11.8 Å². The summed E-state index contributed by atoms with van der Waals surface area (Å²) in [5, 5.41) is 7.43. The third kappa shape index (κ3) is 5.71. The van der Waals surface area contributed by atoms with Crippen LogP contribution in [0.5, 0.6) is 0 Å². The zero-order valence-corrected chi connectivity index (χ0v) is 15.4. The van der Waals surface area contributed by atoms with E-state index in [0.29, 0.717) is 11.1 Å². The summed E-state index contributed by atoms with van der Waals surface area (Å²) in [6, 6.07) is 13.8. The normalized spacial score (nSPS) is 10.9. The van der Waals surface area contributed by atoms with E-state index in [1.165, 1.54) is 12.4 Å². The summed E-state index contributed by atoms with van der Waals surface area (Å²) in [5.74, 6) is -0.696. The minimum atomic E-state index is -0.348. The smallest absolute Gasteiger partial charge is 0.267 e. The summed E-state index contributed by atoms with van der Waals surface area (Å²) in [7, 11) is 0. The van der Waals surface area contributed by atoms with Gasteiger partial charge in [0.2, 0.25) is 0 Å². The van der Waals surface area contributed by atoms with Gasteiger partial charge in [0.15, 0.2) is 0 Å². The molecule has 0 unspecified atom stereocenters. The highest BCUT2D eigenvalue weighted by Gasteiger charge is 2.04. The van der Waals surface area contributed by atoms with Crippen molar-refractivity contribution in [2.75, 3.05) is 0 Å². The van der Waals surface area contributed by atoms with Gasteiger partial charge in [-0.2, -0.15) is 10.2 Å². The monoisotopic (exact) mass is 450 g/mol. The van der Waals surface area contributed by atoms with Crippen molar-refractivity contribution in [1.82, 2.24) is 10.9 Å². The van der Waals surface area contributed by atoms with Crippen LogP contribution in [0, 0.1) is 0 Å². The van der Waals surface area contributed by atoms with Gasteiger partial charge in [-0.05, 0) is 36.4 Å². The van der Waals surface area contributed by atoms with Crippen LogP contribution in [0.25, 0.3) is 0 Å². The lowest BCUT2D eigenvalue weighted by Crippen LogP contribution is -2.19. The lowest BCUT2D eigenvalue weighted by atomic mass is 10.2. The molecule has 0 heterocycles. The Kier molecular flexibility index (Phi) is 6.83. The van der Waals surface area contributed by atoms with Crippen LogP contribution in [0.3, 0.4) is 0 Å². The number of hydrazone groups is 2. The molecule has 0 spiro atoms. The predicted molar refractivity (Wildman–Crippen MR) is 100 cm³/mol. The van der Waals surface area contributed by atoms with Gasteiger partial charge in [-0.25, -0.2) is 10.9 Å². The zero-order valence-electron chi connectivity index (χ0n) is 12.2. The van der Waals surface area contributed by atoms with E-state index in [1.807, 2.05) is 12.1 Å². The molecule has 2 aromatic rings. The Hall–Kier alpha value is -2.32. The maximum absolute atomic E-state index is 11.8.